The smallest absolute Gasteiger partial charge is 0.383 e. The number of imidazole rings is 1. The minimum Gasteiger partial charge on any atom is -0.383 e. The molecule has 13 heteroatoms. The fourth-order valence-corrected chi connectivity index (χ4v) is 4.61. The van der Waals surface area contributed by atoms with E-state index >= 15 is 0 Å². The van der Waals surface area contributed by atoms with Gasteiger partial charge in [-0.15, -0.1) is 0 Å². The fraction of sp³-hybridized carbons (Fsp3) is 0.368. The third-order valence-corrected chi connectivity index (χ3v) is 7.08. The van der Waals surface area contributed by atoms with Gasteiger partial charge in [-0.2, -0.15) is 18.4 Å². The first kappa shape index (κ1) is 21.8. The molecule has 1 aliphatic carbocycles. The molecule has 3 heterocycles. The second-order valence-electron chi connectivity index (χ2n) is 7.45. The van der Waals surface area contributed by atoms with Crippen molar-refractivity contribution in [2.24, 2.45) is 7.05 Å². The van der Waals surface area contributed by atoms with Crippen LogP contribution in [-0.2, 0) is 23.1 Å². The standard InChI is InChI=1S/C19H17F3N6O3S/c1-3-32(30,31)12-6-9(8-23)16(24)26-14(12)17-25-11-7-13(19(20,21)22)28(10-4-5-10)18(29)15(11)27(17)2/h6-7,10H,3-5H2,1-2H3,(H2,24,26). The molecular formula is C19H17F3N6O3S. The number of hydrogen-bond acceptors (Lipinski definition) is 7. The van der Waals surface area contributed by atoms with Crippen LogP contribution in [0.25, 0.3) is 22.6 Å². The van der Waals surface area contributed by atoms with Crippen molar-refractivity contribution in [1.82, 2.24) is 19.1 Å². The van der Waals surface area contributed by atoms with Gasteiger partial charge in [0.1, 0.15) is 28.8 Å². The third kappa shape index (κ3) is 3.31. The van der Waals surface area contributed by atoms with Gasteiger partial charge in [-0.3, -0.25) is 9.36 Å². The molecule has 0 bridgehead atoms. The van der Waals surface area contributed by atoms with Crippen LogP contribution in [0, 0.1) is 11.3 Å². The molecule has 2 N–H and O–H groups in total. The molecular weight excluding hydrogens is 449 g/mol. The first-order valence-electron chi connectivity index (χ1n) is 9.53. The summed E-state index contributed by atoms with van der Waals surface area (Å²) in [6, 6.07) is 3.03. The molecule has 3 aromatic rings. The molecule has 1 aliphatic rings. The number of fused-ring (bicyclic) bond motifs is 1. The molecule has 1 saturated carbocycles. The topological polar surface area (TPSA) is 137 Å². The molecule has 0 radical (unpaired) electrons. The van der Waals surface area contributed by atoms with Crippen LogP contribution in [0.5, 0.6) is 0 Å². The number of nitrogens with zero attached hydrogens (tertiary/aromatic N) is 5. The summed E-state index contributed by atoms with van der Waals surface area (Å²) >= 11 is 0. The minimum atomic E-state index is -4.78. The molecule has 0 unspecified atom stereocenters. The van der Waals surface area contributed by atoms with E-state index in [1.807, 2.05) is 0 Å². The van der Waals surface area contributed by atoms with E-state index in [-0.39, 0.29) is 44.6 Å². The third-order valence-electron chi connectivity index (χ3n) is 5.34. The average Bonchev–Trinajstić information content (AvgIpc) is 3.49. The van der Waals surface area contributed by atoms with Crippen molar-refractivity contribution >= 4 is 26.7 Å². The van der Waals surface area contributed by atoms with Gasteiger partial charge in [0.25, 0.3) is 5.56 Å². The first-order chi connectivity index (χ1) is 14.9. The zero-order valence-corrected chi connectivity index (χ0v) is 17.8. The van der Waals surface area contributed by atoms with E-state index in [2.05, 4.69) is 9.97 Å². The number of aromatic nitrogens is 4. The zero-order chi connectivity index (χ0) is 23.6. The molecule has 0 spiro atoms. The van der Waals surface area contributed by atoms with Crippen LogP contribution in [-0.4, -0.2) is 33.3 Å². The van der Waals surface area contributed by atoms with Crippen molar-refractivity contribution in [3.8, 4) is 17.6 Å². The van der Waals surface area contributed by atoms with Gasteiger partial charge in [0.2, 0.25) is 0 Å². The van der Waals surface area contributed by atoms with Gasteiger partial charge in [0.15, 0.2) is 15.7 Å². The Bertz CT molecular complexity index is 1480. The molecule has 168 valence electrons. The Kier molecular flexibility index (Phi) is 4.81. The van der Waals surface area contributed by atoms with Crippen molar-refractivity contribution < 1.29 is 21.6 Å². The number of alkyl halides is 3. The summed E-state index contributed by atoms with van der Waals surface area (Å²) in [7, 11) is -2.54. The van der Waals surface area contributed by atoms with Gasteiger partial charge in [-0.1, -0.05) is 6.92 Å². The maximum absolute atomic E-state index is 13.6. The van der Waals surface area contributed by atoms with Gasteiger partial charge in [0, 0.05) is 13.1 Å². The maximum atomic E-state index is 13.6. The van der Waals surface area contributed by atoms with E-state index in [1.165, 1.54) is 18.5 Å². The van der Waals surface area contributed by atoms with Crippen LogP contribution >= 0.6 is 0 Å². The normalized spacial score (nSPS) is 14.6. The number of halogens is 3. The fourth-order valence-electron chi connectivity index (χ4n) is 3.57. The number of nitrogen functional groups attached to an aromatic ring is 1. The van der Waals surface area contributed by atoms with Crippen molar-refractivity contribution in [3.63, 3.8) is 0 Å². The summed E-state index contributed by atoms with van der Waals surface area (Å²) in [4.78, 5) is 20.8. The number of hydrogen-bond donors (Lipinski definition) is 1. The van der Waals surface area contributed by atoms with Crippen molar-refractivity contribution in [1.29, 1.82) is 5.26 Å². The van der Waals surface area contributed by atoms with E-state index in [1.54, 1.807) is 6.07 Å². The lowest BCUT2D eigenvalue weighted by molar-refractivity contribution is -0.144. The number of aryl methyl sites for hydroxylation is 1. The molecule has 0 saturated heterocycles. The Balaban J connectivity index is 2.09. The Morgan fingerprint density at radius 3 is 2.47 bits per heavy atom. The summed E-state index contributed by atoms with van der Waals surface area (Å²) in [6.45, 7) is 1.39. The van der Waals surface area contributed by atoms with Crippen LogP contribution in [0.2, 0.25) is 0 Å². The van der Waals surface area contributed by atoms with E-state index in [9.17, 15) is 31.6 Å². The summed E-state index contributed by atoms with van der Waals surface area (Å²) in [5, 5.41) is 9.21. The number of pyridine rings is 2. The highest BCUT2D eigenvalue weighted by Gasteiger charge is 2.40. The van der Waals surface area contributed by atoms with Gasteiger partial charge in [0.05, 0.1) is 21.7 Å². The summed E-state index contributed by atoms with van der Waals surface area (Å²) in [6.07, 6.45) is -3.88. The Labute approximate surface area is 179 Å². The lowest BCUT2D eigenvalue weighted by atomic mass is 10.2. The molecule has 1 fully saturated rings. The van der Waals surface area contributed by atoms with Crippen molar-refractivity contribution in [2.45, 2.75) is 36.9 Å². The Morgan fingerprint density at radius 1 is 1.28 bits per heavy atom. The van der Waals surface area contributed by atoms with E-state index < -0.39 is 33.3 Å². The summed E-state index contributed by atoms with van der Waals surface area (Å²) in [5.41, 5.74) is 3.00. The number of rotatable bonds is 4. The maximum Gasteiger partial charge on any atom is 0.431 e. The van der Waals surface area contributed by atoms with Gasteiger partial charge < -0.3 is 10.3 Å². The molecule has 0 aromatic carbocycles. The van der Waals surface area contributed by atoms with E-state index in [0.29, 0.717) is 12.8 Å². The van der Waals surface area contributed by atoms with Crippen LogP contribution in [0.3, 0.4) is 0 Å². The molecule has 0 aliphatic heterocycles. The monoisotopic (exact) mass is 466 g/mol. The van der Waals surface area contributed by atoms with Gasteiger partial charge in [-0.25, -0.2) is 18.4 Å². The largest absolute Gasteiger partial charge is 0.431 e. The molecule has 3 aromatic heterocycles. The van der Waals surface area contributed by atoms with Crippen molar-refractivity contribution in [3.05, 3.63) is 33.7 Å². The van der Waals surface area contributed by atoms with Crippen molar-refractivity contribution in [2.75, 3.05) is 11.5 Å². The molecule has 32 heavy (non-hydrogen) atoms. The highest BCUT2D eigenvalue weighted by Crippen LogP contribution is 2.40. The number of sulfone groups is 1. The van der Waals surface area contributed by atoms with Crippen LogP contribution < -0.4 is 11.3 Å². The van der Waals surface area contributed by atoms with E-state index in [0.717, 1.165) is 16.7 Å². The second-order valence-corrected chi connectivity index (χ2v) is 9.69. The van der Waals surface area contributed by atoms with Gasteiger partial charge >= 0.3 is 6.18 Å². The average molecular weight is 466 g/mol. The van der Waals surface area contributed by atoms with Crippen LogP contribution in [0.4, 0.5) is 19.0 Å². The molecule has 0 amide bonds. The lowest BCUT2D eigenvalue weighted by Crippen LogP contribution is -2.28. The Morgan fingerprint density at radius 2 is 1.94 bits per heavy atom. The SMILES string of the molecule is CCS(=O)(=O)c1cc(C#N)c(N)nc1-c1nc2cc(C(F)(F)F)n(C3CC3)c(=O)c2n1C. The molecule has 4 rings (SSSR count). The van der Waals surface area contributed by atoms with Crippen LogP contribution in [0.1, 0.15) is 37.1 Å². The number of anilines is 1. The number of nitrogens with two attached hydrogens (primary N) is 1. The summed E-state index contributed by atoms with van der Waals surface area (Å²) < 4.78 is 68.2. The van der Waals surface area contributed by atoms with Crippen LogP contribution in [0.15, 0.2) is 21.8 Å². The predicted octanol–water partition coefficient (Wildman–Crippen LogP) is 2.40. The minimum absolute atomic E-state index is 0.121. The lowest BCUT2D eigenvalue weighted by Gasteiger charge is -2.15. The Hall–Kier alpha value is -3.40. The molecule has 9 nitrogen and oxygen atoms in total. The predicted molar refractivity (Wildman–Crippen MR) is 108 cm³/mol. The zero-order valence-electron chi connectivity index (χ0n) is 16.9. The highest BCUT2D eigenvalue weighted by molar-refractivity contribution is 7.91. The van der Waals surface area contributed by atoms with Gasteiger partial charge in [-0.05, 0) is 25.0 Å². The van der Waals surface area contributed by atoms with E-state index in [4.69, 9.17) is 5.73 Å². The summed E-state index contributed by atoms with van der Waals surface area (Å²) in [5.74, 6) is -0.745. The molecule has 0 atom stereocenters. The highest BCUT2D eigenvalue weighted by atomic mass is 32.2. The quantitative estimate of drug-likeness (QED) is 0.623. The number of nitriles is 1. The second kappa shape index (κ2) is 7.06. The first-order valence-corrected chi connectivity index (χ1v) is 11.2.